The summed E-state index contributed by atoms with van der Waals surface area (Å²) in [5.74, 6) is 0.538. The molecule has 1 aliphatic rings. The van der Waals surface area contributed by atoms with Gasteiger partial charge in [-0.15, -0.1) is 0 Å². The van der Waals surface area contributed by atoms with Gasteiger partial charge in [0.2, 0.25) is 5.88 Å². The number of nitrogens with zero attached hydrogens (tertiary/aromatic N) is 2. The molecule has 0 aliphatic carbocycles. The number of benzene rings is 1. The lowest BCUT2D eigenvalue weighted by Crippen LogP contribution is -2.24. The van der Waals surface area contributed by atoms with E-state index in [0.717, 1.165) is 5.56 Å². The van der Waals surface area contributed by atoms with Crippen LogP contribution < -0.4 is 19.9 Å². The number of nitrogens with two attached hydrogens (primary N) is 1. The molecule has 0 saturated heterocycles. The monoisotopic (exact) mass is 305 g/mol. The summed E-state index contributed by atoms with van der Waals surface area (Å²) in [6.07, 6.45) is 1.95. The second-order valence-electron chi connectivity index (χ2n) is 4.90. The van der Waals surface area contributed by atoms with Crippen LogP contribution in [-0.2, 0) is 6.42 Å². The number of hydrogen-bond donors (Lipinski definition) is 1. The number of hydrogen-bond acceptors (Lipinski definition) is 6. The summed E-state index contributed by atoms with van der Waals surface area (Å²) in [6, 6.07) is 3.02. The molecule has 0 bridgehead atoms. The zero-order valence-electron chi connectivity index (χ0n) is 12.3. The first-order chi connectivity index (χ1) is 10.7. The van der Waals surface area contributed by atoms with E-state index in [9.17, 15) is 4.39 Å². The molecular weight excluding hydrogens is 289 g/mol. The first-order valence-electron chi connectivity index (χ1n) is 6.80. The molecule has 6 nitrogen and oxygen atoms in total. The highest BCUT2D eigenvalue weighted by atomic mass is 19.1. The molecule has 1 aromatic heterocycles. The number of aromatic nitrogens is 2. The van der Waals surface area contributed by atoms with Crippen molar-refractivity contribution >= 4 is 0 Å². The fraction of sp³-hybridized carbons (Fsp3) is 0.333. The smallest absolute Gasteiger partial charge is 0.319 e. The molecule has 2 aromatic rings. The van der Waals surface area contributed by atoms with Gasteiger partial charge in [0.15, 0.2) is 0 Å². The van der Waals surface area contributed by atoms with Crippen LogP contribution in [0.2, 0.25) is 0 Å². The Morgan fingerprint density at radius 3 is 2.82 bits per heavy atom. The zero-order chi connectivity index (χ0) is 15.7. The summed E-state index contributed by atoms with van der Waals surface area (Å²) in [5.41, 5.74) is 7.52. The Morgan fingerprint density at radius 2 is 2.14 bits per heavy atom. The van der Waals surface area contributed by atoms with Gasteiger partial charge < -0.3 is 19.9 Å². The molecule has 0 fully saturated rings. The Hall–Kier alpha value is -2.41. The van der Waals surface area contributed by atoms with Gasteiger partial charge in [-0.3, -0.25) is 0 Å². The van der Waals surface area contributed by atoms with Crippen LogP contribution in [-0.4, -0.2) is 36.8 Å². The second kappa shape index (κ2) is 5.76. The van der Waals surface area contributed by atoms with E-state index in [0.29, 0.717) is 35.7 Å². The predicted octanol–water partition coefficient (Wildman–Crippen LogP) is 1.56. The van der Waals surface area contributed by atoms with Crippen molar-refractivity contribution in [2.75, 3.05) is 20.8 Å². The van der Waals surface area contributed by atoms with E-state index >= 15 is 0 Å². The maximum atomic E-state index is 13.9. The summed E-state index contributed by atoms with van der Waals surface area (Å²) in [5, 5.41) is 0. The van der Waals surface area contributed by atoms with Gasteiger partial charge in [-0.25, -0.2) is 9.37 Å². The molecule has 0 spiro atoms. The SMILES string of the molecule is COc1ncc(-c2cc(F)cc3c2OC(CN)C3)c(OC)n1. The van der Waals surface area contributed by atoms with Crippen LogP contribution in [0.25, 0.3) is 11.1 Å². The predicted molar refractivity (Wildman–Crippen MR) is 77.7 cm³/mol. The van der Waals surface area contributed by atoms with Crippen LogP contribution in [0.15, 0.2) is 18.3 Å². The van der Waals surface area contributed by atoms with E-state index in [1.807, 2.05) is 0 Å². The van der Waals surface area contributed by atoms with E-state index in [1.165, 1.54) is 32.5 Å². The summed E-state index contributed by atoms with van der Waals surface area (Å²) in [7, 11) is 2.94. The van der Waals surface area contributed by atoms with Gasteiger partial charge in [0, 0.05) is 30.3 Å². The molecule has 1 unspecified atom stereocenters. The zero-order valence-corrected chi connectivity index (χ0v) is 12.3. The number of ether oxygens (including phenoxy) is 3. The minimum absolute atomic E-state index is 0.152. The Labute approximate surface area is 127 Å². The summed E-state index contributed by atoms with van der Waals surface area (Å²) in [4.78, 5) is 8.18. The van der Waals surface area contributed by atoms with Crippen molar-refractivity contribution in [3.8, 4) is 28.8 Å². The lowest BCUT2D eigenvalue weighted by Gasteiger charge is -2.13. The van der Waals surface area contributed by atoms with Gasteiger partial charge in [0.25, 0.3) is 0 Å². The van der Waals surface area contributed by atoms with Gasteiger partial charge in [0.05, 0.1) is 19.8 Å². The second-order valence-corrected chi connectivity index (χ2v) is 4.90. The van der Waals surface area contributed by atoms with Crippen LogP contribution in [0.5, 0.6) is 17.6 Å². The Morgan fingerprint density at radius 1 is 1.32 bits per heavy atom. The largest absolute Gasteiger partial charge is 0.488 e. The average Bonchev–Trinajstić information content (AvgIpc) is 2.96. The average molecular weight is 305 g/mol. The van der Waals surface area contributed by atoms with Crippen molar-refractivity contribution in [2.45, 2.75) is 12.5 Å². The van der Waals surface area contributed by atoms with Crippen LogP contribution >= 0.6 is 0 Å². The van der Waals surface area contributed by atoms with E-state index in [2.05, 4.69) is 9.97 Å². The third-order valence-electron chi connectivity index (χ3n) is 3.52. The highest BCUT2D eigenvalue weighted by Gasteiger charge is 2.27. The van der Waals surface area contributed by atoms with Crippen molar-refractivity contribution < 1.29 is 18.6 Å². The number of methoxy groups -OCH3 is 2. The Balaban J connectivity index is 2.14. The Kier molecular flexibility index (Phi) is 3.81. The van der Waals surface area contributed by atoms with Crippen LogP contribution in [0.1, 0.15) is 5.56 Å². The highest BCUT2D eigenvalue weighted by molar-refractivity contribution is 5.76. The molecule has 0 saturated carbocycles. The van der Waals surface area contributed by atoms with Crippen LogP contribution in [0.4, 0.5) is 4.39 Å². The van der Waals surface area contributed by atoms with E-state index in [1.54, 1.807) is 0 Å². The minimum Gasteiger partial charge on any atom is -0.488 e. The third-order valence-corrected chi connectivity index (χ3v) is 3.52. The molecule has 0 amide bonds. The van der Waals surface area contributed by atoms with E-state index in [4.69, 9.17) is 19.9 Å². The van der Waals surface area contributed by atoms with Crippen molar-refractivity contribution in [1.82, 2.24) is 9.97 Å². The third kappa shape index (κ3) is 2.43. The standard InChI is InChI=1S/C15H16FN3O3/c1-20-14-12(7-18-15(19-14)21-2)11-5-9(16)3-8-4-10(6-17)22-13(8)11/h3,5,7,10H,4,6,17H2,1-2H3. The molecular formula is C15H16FN3O3. The molecule has 2 heterocycles. The molecule has 1 atom stereocenters. The fourth-order valence-corrected chi connectivity index (χ4v) is 2.52. The van der Waals surface area contributed by atoms with E-state index < -0.39 is 0 Å². The highest BCUT2D eigenvalue weighted by Crippen LogP contribution is 2.42. The fourth-order valence-electron chi connectivity index (χ4n) is 2.52. The maximum Gasteiger partial charge on any atom is 0.319 e. The lowest BCUT2D eigenvalue weighted by atomic mass is 10.0. The van der Waals surface area contributed by atoms with Crippen LogP contribution in [0.3, 0.4) is 0 Å². The van der Waals surface area contributed by atoms with Gasteiger partial charge in [-0.1, -0.05) is 0 Å². The molecule has 3 rings (SSSR count). The molecule has 2 N–H and O–H groups in total. The molecule has 116 valence electrons. The van der Waals surface area contributed by atoms with Crippen molar-refractivity contribution in [2.24, 2.45) is 5.73 Å². The number of fused-ring (bicyclic) bond motifs is 1. The molecule has 1 aromatic carbocycles. The van der Waals surface area contributed by atoms with Gasteiger partial charge >= 0.3 is 6.01 Å². The van der Waals surface area contributed by atoms with Crippen molar-refractivity contribution in [3.63, 3.8) is 0 Å². The van der Waals surface area contributed by atoms with Crippen molar-refractivity contribution in [1.29, 1.82) is 0 Å². The Bertz CT molecular complexity index is 709. The van der Waals surface area contributed by atoms with Crippen molar-refractivity contribution in [3.05, 3.63) is 29.7 Å². The molecule has 7 heteroatoms. The quantitative estimate of drug-likeness (QED) is 0.923. The minimum atomic E-state index is -0.354. The van der Waals surface area contributed by atoms with Gasteiger partial charge in [-0.2, -0.15) is 4.98 Å². The van der Waals surface area contributed by atoms with E-state index in [-0.39, 0.29) is 17.9 Å². The summed E-state index contributed by atoms with van der Waals surface area (Å²) < 4.78 is 30.0. The molecule has 22 heavy (non-hydrogen) atoms. The summed E-state index contributed by atoms with van der Waals surface area (Å²) >= 11 is 0. The first-order valence-corrected chi connectivity index (χ1v) is 6.80. The number of halogens is 1. The normalized spacial score (nSPS) is 16.1. The lowest BCUT2D eigenvalue weighted by molar-refractivity contribution is 0.242. The molecule has 0 radical (unpaired) electrons. The van der Waals surface area contributed by atoms with Gasteiger partial charge in [-0.05, 0) is 12.1 Å². The topological polar surface area (TPSA) is 79.5 Å². The summed E-state index contributed by atoms with van der Waals surface area (Å²) in [6.45, 7) is 0.367. The van der Waals surface area contributed by atoms with Crippen LogP contribution in [0, 0.1) is 5.82 Å². The first kappa shape index (κ1) is 14.5. The maximum absolute atomic E-state index is 13.9. The number of rotatable bonds is 4. The van der Waals surface area contributed by atoms with Gasteiger partial charge in [0.1, 0.15) is 17.7 Å². The molecule has 1 aliphatic heterocycles.